The van der Waals surface area contributed by atoms with Crippen molar-refractivity contribution >= 4 is 0 Å². The zero-order valence-corrected chi connectivity index (χ0v) is 10.6. The monoisotopic (exact) mass is 264 g/mol. The molecule has 0 spiro atoms. The Balaban J connectivity index is 2.49. The molecule has 1 aromatic heterocycles. The van der Waals surface area contributed by atoms with E-state index in [1.165, 1.54) is 38.5 Å². The van der Waals surface area contributed by atoms with E-state index in [1.54, 1.807) is 0 Å². The maximum Gasteiger partial charge on any atom is 0.251 e. The fourth-order valence-electron chi connectivity index (χ4n) is 1.67. The van der Waals surface area contributed by atoms with Crippen LogP contribution in [0.25, 0.3) is 11.4 Å². The van der Waals surface area contributed by atoms with Gasteiger partial charge in [-0.05, 0) is 18.2 Å². The average molecular weight is 264 g/mol. The van der Waals surface area contributed by atoms with Gasteiger partial charge in [0.1, 0.15) is 5.82 Å². The molecule has 19 heavy (non-hydrogen) atoms. The lowest BCUT2D eigenvalue weighted by Crippen LogP contribution is -2.11. The van der Waals surface area contributed by atoms with Crippen LogP contribution in [0.4, 0.5) is 4.39 Å². The van der Waals surface area contributed by atoms with Crippen LogP contribution >= 0.6 is 0 Å². The Hall–Kier alpha value is -2.21. The van der Waals surface area contributed by atoms with E-state index in [1.807, 2.05) is 0 Å². The predicted octanol–water partition coefficient (Wildman–Crippen LogP) is 1.73. The van der Waals surface area contributed by atoms with Crippen LogP contribution in [0.2, 0.25) is 0 Å². The number of halogens is 1. The highest BCUT2D eigenvalue weighted by Gasteiger charge is 2.08. The van der Waals surface area contributed by atoms with Gasteiger partial charge in [-0.25, -0.2) is 9.37 Å². The summed E-state index contributed by atoms with van der Waals surface area (Å²) >= 11 is 0. The minimum atomic E-state index is -0.471. The summed E-state index contributed by atoms with van der Waals surface area (Å²) in [5, 5.41) is 0. The van der Waals surface area contributed by atoms with Crippen LogP contribution in [-0.2, 0) is 11.3 Å². The van der Waals surface area contributed by atoms with Crippen LogP contribution in [0, 0.1) is 5.82 Å². The lowest BCUT2D eigenvalue weighted by Gasteiger charge is -2.06. The second-order valence-corrected chi connectivity index (χ2v) is 3.87. The molecule has 0 bridgehead atoms. The quantitative estimate of drug-likeness (QED) is 0.913. The number of benzene rings is 1. The van der Waals surface area contributed by atoms with Gasteiger partial charge in [0.05, 0.1) is 19.4 Å². The molecule has 100 valence electrons. The van der Waals surface area contributed by atoms with Crippen LogP contribution in [0.15, 0.2) is 29.1 Å². The second-order valence-electron chi connectivity index (χ2n) is 3.87. The minimum absolute atomic E-state index is 0.0947. The molecular formula is C13H13FN2O3. The number of rotatable bonds is 4. The standard InChI is InChI=1S/C13H13FN2O3/c1-18-7-9-6-12(17)16-13(15-9)8-3-4-10(14)11(5-8)19-2/h3-6H,7H2,1-2H3,(H,15,16,17). The summed E-state index contributed by atoms with van der Waals surface area (Å²) in [5.41, 5.74) is 0.776. The summed E-state index contributed by atoms with van der Waals surface area (Å²) < 4.78 is 23.2. The first-order chi connectivity index (χ1) is 9.13. The number of ether oxygens (including phenoxy) is 2. The van der Waals surface area contributed by atoms with Gasteiger partial charge >= 0.3 is 0 Å². The van der Waals surface area contributed by atoms with E-state index in [0.29, 0.717) is 17.1 Å². The number of nitrogens with zero attached hydrogens (tertiary/aromatic N) is 1. The van der Waals surface area contributed by atoms with E-state index in [9.17, 15) is 9.18 Å². The number of hydrogen-bond donors (Lipinski definition) is 1. The van der Waals surface area contributed by atoms with Crippen molar-refractivity contribution in [2.24, 2.45) is 0 Å². The molecule has 0 saturated heterocycles. The molecule has 0 fully saturated rings. The predicted molar refractivity (Wildman–Crippen MR) is 67.5 cm³/mol. The molecule has 0 aliphatic heterocycles. The molecule has 1 N–H and O–H groups in total. The van der Waals surface area contributed by atoms with Gasteiger partial charge in [-0.3, -0.25) is 4.79 Å². The third-order valence-electron chi connectivity index (χ3n) is 2.51. The van der Waals surface area contributed by atoms with Crippen molar-refractivity contribution in [3.8, 4) is 17.1 Å². The van der Waals surface area contributed by atoms with Crippen molar-refractivity contribution < 1.29 is 13.9 Å². The fourth-order valence-corrected chi connectivity index (χ4v) is 1.67. The molecule has 0 amide bonds. The zero-order chi connectivity index (χ0) is 13.8. The van der Waals surface area contributed by atoms with Crippen LogP contribution in [-0.4, -0.2) is 24.2 Å². The van der Waals surface area contributed by atoms with E-state index in [0.717, 1.165) is 0 Å². The maximum atomic E-state index is 13.3. The van der Waals surface area contributed by atoms with Crippen molar-refractivity contribution in [3.63, 3.8) is 0 Å². The summed E-state index contributed by atoms with van der Waals surface area (Å²) in [6, 6.07) is 5.61. The van der Waals surface area contributed by atoms with Gasteiger partial charge in [0.2, 0.25) is 0 Å². The van der Waals surface area contributed by atoms with Gasteiger partial charge < -0.3 is 14.5 Å². The van der Waals surface area contributed by atoms with E-state index in [-0.39, 0.29) is 17.9 Å². The van der Waals surface area contributed by atoms with Crippen LogP contribution in [0.1, 0.15) is 5.69 Å². The molecule has 2 rings (SSSR count). The normalized spacial score (nSPS) is 10.5. The van der Waals surface area contributed by atoms with Crippen molar-refractivity contribution in [2.45, 2.75) is 6.61 Å². The van der Waals surface area contributed by atoms with Gasteiger partial charge in [0.25, 0.3) is 5.56 Å². The molecule has 0 saturated carbocycles. The fraction of sp³-hybridized carbons (Fsp3) is 0.231. The first-order valence-electron chi connectivity index (χ1n) is 5.57. The summed E-state index contributed by atoms with van der Waals surface area (Å²) in [7, 11) is 2.89. The maximum absolute atomic E-state index is 13.3. The molecule has 0 aliphatic carbocycles. The van der Waals surface area contributed by atoms with Crippen molar-refractivity contribution in [2.75, 3.05) is 14.2 Å². The average Bonchev–Trinajstić information content (AvgIpc) is 2.39. The summed E-state index contributed by atoms with van der Waals surface area (Å²) in [4.78, 5) is 18.4. The SMILES string of the molecule is COCc1cc(=O)[nH]c(-c2ccc(F)c(OC)c2)n1. The first-order valence-corrected chi connectivity index (χ1v) is 5.57. The Morgan fingerprint density at radius 1 is 1.32 bits per heavy atom. The lowest BCUT2D eigenvalue weighted by atomic mass is 10.2. The van der Waals surface area contributed by atoms with Gasteiger partial charge in [-0.15, -0.1) is 0 Å². The molecule has 0 atom stereocenters. The molecule has 0 unspecified atom stereocenters. The van der Waals surface area contributed by atoms with Crippen LogP contribution in [0.5, 0.6) is 5.75 Å². The van der Waals surface area contributed by atoms with Crippen molar-refractivity contribution in [1.82, 2.24) is 9.97 Å². The van der Waals surface area contributed by atoms with Crippen molar-refractivity contribution in [1.29, 1.82) is 0 Å². The number of aromatic nitrogens is 2. The Kier molecular flexibility index (Phi) is 3.91. The molecule has 6 heteroatoms. The van der Waals surface area contributed by atoms with E-state index >= 15 is 0 Å². The van der Waals surface area contributed by atoms with E-state index < -0.39 is 5.82 Å². The van der Waals surface area contributed by atoms with E-state index in [4.69, 9.17) is 9.47 Å². The minimum Gasteiger partial charge on any atom is -0.494 e. The van der Waals surface area contributed by atoms with Crippen molar-refractivity contribution in [3.05, 3.63) is 46.1 Å². The number of aromatic amines is 1. The highest BCUT2D eigenvalue weighted by molar-refractivity contribution is 5.57. The molecule has 0 radical (unpaired) electrons. The third-order valence-corrected chi connectivity index (χ3v) is 2.51. The molecule has 1 aromatic carbocycles. The molecule has 1 heterocycles. The molecular weight excluding hydrogens is 251 g/mol. The highest BCUT2D eigenvalue weighted by atomic mass is 19.1. The van der Waals surface area contributed by atoms with Gasteiger partial charge in [0, 0.05) is 18.7 Å². The highest BCUT2D eigenvalue weighted by Crippen LogP contribution is 2.23. The Morgan fingerprint density at radius 2 is 2.11 bits per heavy atom. The third kappa shape index (κ3) is 2.97. The van der Waals surface area contributed by atoms with Crippen LogP contribution in [0.3, 0.4) is 0 Å². The smallest absolute Gasteiger partial charge is 0.251 e. The number of H-pyrrole nitrogens is 1. The Bertz CT molecular complexity index is 640. The molecule has 2 aromatic rings. The van der Waals surface area contributed by atoms with Crippen LogP contribution < -0.4 is 10.3 Å². The number of nitrogens with one attached hydrogen (secondary N) is 1. The van der Waals surface area contributed by atoms with Gasteiger partial charge in [-0.2, -0.15) is 0 Å². The largest absolute Gasteiger partial charge is 0.494 e. The second kappa shape index (κ2) is 5.62. The molecule has 5 nitrogen and oxygen atoms in total. The lowest BCUT2D eigenvalue weighted by molar-refractivity contribution is 0.181. The summed E-state index contributed by atoms with van der Waals surface area (Å²) in [6.07, 6.45) is 0. The van der Waals surface area contributed by atoms with E-state index in [2.05, 4.69) is 9.97 Å². The Labute approximate surface area is 109 Å². The topological polar surface area (TPSA) is 64.2 Å². The summed E-state index contributed by atoms with van der Waals surface area (Å²) in [6.45, 7) is 0.231. The number of methoxy groups -OCH3 is 2. The zero-order valence-electron chi connectivity index (χ0n) is 10.6. The summed E-state index contributed by atoms with van der Waals surface area (Å²) in [5.74, 6) is -0.0308. The Morgan fingerprint density at radius 3 is 2.79 bits per heavy atom. The van der Waals surface area contributed by atoms with Gasteiger partial charge in [-0.1, -0.05) is 0 Å². The number of hydrogen-bond acceptors (Lipinski definition) is 4. The van der Waals surface area contributed by atoms with Gasteiger partial charge in [0.15, 0.2) is 11.6 Å². The molecule has 0 aliphatic rings. The first kappa shape index (κ1) is 13.2.